The van der Waals surface area contributed by atoms with Crippen molar-refractivity contribution in [2.45, 2.75) is 6.92 Å². The van der Waals surface area contributed by atoms with E-state index in [1.807, 2.05) is 0 Å². The van der Waals surface area contributed by atoms with E-state index in [9.17, 15) is 8.78 Å². The molecule has 0 saturated heterocycles. The van der Waals surface area contributed by atoms with Crippen molar-refractivity contribution in [3.8, 4) is 0 Å². The van der Waals surface area contributed by atoms with Gasteiger partial charge in [-0.25, -0.2) is 8.78 Å². The average Bonchev–Trinajstić information content (AvgIpc) is 2.13. The van der Waals surface area contributed by atoms with Gasteiger partial charge in [-0.3, -0.25) is 0 Å². The zero-order valence-electron chi connectivity index (χ0n) is 6.68. The van der Waals surface area contributed by atoms with Gasteiger partial charge in [0.25, 0.3) is 0 Å². The van der Waals surface area contributed by atoms with Crippen LogP contribution in [0.15, 0.2) is 17.3 Å². The molecule has 1 aromatic rings. The molecule has 1 aromatic carbocycles. The highest BCUT2D eigenvalue weighted by Gasteiger charge is 2.14. The van der Waals surface area contributed by atoms with Gasteiger partial charge in [-0.15, -0.1) is 0 Å². The predicted molar refractivity (Wildman–Crippen MR) is 45.3 cm³/mol. The lowest BCUT2D eigenvalue weighted by molar-refractivity contribution is 0.320. The van der Waals surface area contributed by atoms with E-state index >= 15 is 0 Å². The Morgan fingerprint density at radius 3 is 2.54 bits per heavy atom. The lowest BCUT2D eigenvalue weighted by atomic mass is 10.1. The summed E-state index contributed by atoms with van der Waals surface area (Å²) in [6.07, 6.45) is 0. The van der Waals surface area contributed by atoms with Crippen LogP contribution in [0.2, 0.25) is 0 Å². The molecule has 0 radical (unpaired) electrons. The van der Waals surface area contributed by atoms with Crippen LogP contribution in [0.4, 0.5) is 8.78 Å². The number of hydrogen-bond acceptors (Lipinski definition) is 2. The summed E-state index contributed by atoms with van der Waals surface area (Å²) in [5.41, 5.74) is -0.0871. The summed E-state index contributed by atoms with van der Waals surface area (Å²) in [5, 5.41) is 10.3. The average molecular weight is 206 g/mol. The van der Waals surface area contributed by atoms with E-state index in [1.165, 1.54) is 19.1 Å². The summed E-state index contributed by atoms with van der Waals surface area (Å²) in [5.74, 6) is -2.10. The Balaban J connectivity index is 3.34. The van der Waals surface area contributed by atoms with Crippen molar-refractivity contribution in [3.05, 3.63) is 34.9 Å². The molecule has 0 saturated carbocycles. The van der Waals surface area contributed by atoms with E-state index in [2.05, 4.69) is 5.16 Å². The summed E-state index contributed by atoms with van der Waals surface area (Å²) in [6.45, 7) is 1.42. The van der Waals surface area contributed by atoms with Crippen LogP contribution in [0.25, 0.3) is 0 Å². The fourth-order valence-corrected chi connectivity index (χ4v) is 1.01. The third-order valence-corrected chi connectivity index (χ3v) is 1.86. The molecular formula is C8H6ClF2NO. The number of nitrogens with zero attached hydrogens (tertiary/aromatic N) is 1. The van der Waals surface area contributed by atoms with E-state index in [0.717, 1.165) is 0 Å². The molecule has 0 heterocycles. The first-order valence-corrected chi connectivity index (χ1v) is 3.78. The van der Waals surface area contributed by atoms with Crippen molar-refractivity contribution < 1.29 is 14.0 Å². The highest BCUT2D eigenvalue weighted by Crippen LogP contribution is 2.17. The maximum absolute atomic E-state index is 13.0. The molecule has 0 atom stereocenters. The summed E-state index contributed by atoms with van der Waals surface area (Å²) in [6, 6.07) is 2.59. The summed E-state index contributed by atoms with van der Waals surface area (Å²) in [4.78, 5) is 0. The second-order valence-corrected chi connectivity index (χ2v) is 2.81. The molecule has 0 bridgehead atoms. The van der Waals surface area contributed by atoms with Crippen LogP contribution >= 0.6 is 11.6 Å². The smallest absolute Gasteiger partial charge is 0.178 e. The zero-order valence-corrected chi connectivity index (χ0v) is 7.44. The van der Waals surface area contributed by atoms with Crippen molar-refractivity contribution in [1.29, 1.82) is 0 Å². The van der Waals surface area contributed by atoms with Crippen molar-refractivity contribution >= 4 is 16.8 Å². The van der Waals surface area contributed by atoms with Crippen LogP contribution in [0.5, 0.6) is 0 Å². The number of benzene rings is 1. The van der Waals surface area contributed by atoms with Gasteiger partial charge >= 0.3 is 0 Å². The van der Waals surface area contributed by atoms with Crippen LogP contribution in [0.3, 0.4) is 0 Å². The standard InChI is InChI=1S/C8H6ClF2NO/c1-4-2-3-5(8(9)12-13)7(11)6(4)10/h2-3,13H,1H3/b12-8+. The maximum atomic E-state index is 13.0. The highest BCUT2D eigenvalue weighted by atomic mass is 35.5. The van der Waals surface area contributed by atoms with Gasteiger partial charge in [0.2, 0.25) is 0 Å². The minimum atomic E-state index is -1.11. The Morgan fingerprint density at radius 2 is 2.00 bits per heavy atom. The topological polar surface area (TPSA) is 32.6 Å². The lowest BCUT2D eigenvalue weighted by Gasteiger charge is -2.02. The van der Waals surface area contributed by atoms with Crippen LogP contribution in [0.1, 0.15) is 11.1 Å². The first-order valence-electron chi connectivity index (χ1n) is 3.40. The molecule has 70 valence electrons. The minimum absolute atomic E-state index is 0.170. The highest BCUT2D eigenvalue weighted by molar-refractivity contribution is 6.69. The molecular weight excluding hydrogens is 200 g/mol. The molecule has 0 amide bonds. The van der Waals surface area contributed by atoms with Gasteiger partial charge in [0.05, 0.1) is 5.56 Å². The van der Waals surface area contributed by atoms with E-state index in [0.29, 0.717) is 0 Å². The Kier molecular flexibility index (Phi) is 2.83. The Labute approximate surface area is 78.4 Å². The summed E-state index contributed by atoms with van der Waals surface area (Å²) >= 11 is 5.31. The lowest BCUT2D eigenvalue weighted by Crippen LogP contribution is -2.00. The number of oxime groups is 1. The Hall–Kier alpha value is -1.16. The third kappa shape index (κ3) is 1.78. The van der Waals surface area contributed by atoms with E-state index in [4.69, 9.17) is 16.8 Å². The van der Waals surface area contributed by atoms with Crippen LogP contribution < -0.4 is 0 Å². The molecule has 0 fully saturated rings. The van der Waals surface area contributed by atoms with Crippen LogP contribution in [0, 0.1) is 18.6 Å². The van der Waals surface area contributed by atoms with Gasteiger partial charge in [0, 0.05) is 0 Å². The second kappa shape index (κ2) is 3.70. The molecule has 0 spiro atoms. The first kappa shape index (κ1) is 9.92. The van der Waals surface area contributed by atoms with Crippen LogP contribution in [-0.2, 0) is 0 Å². The zero-order chi connectivity index (χ0) is 10.0. The van der Waals surface area contributed by atoms with Crippen molar-refractivity contribution in [2.75, 3.05) is 0 Å². The van der Waals surface area contributed by atoms with Gasteiger partial charge < -0.3 is 5.21 Å². The second-order valence-electron chi connectivity index (χ2n) is 2.45. The maximum Gasteiger partial charge on any atom is 0.178 e. The van der Waals surface area contributed by atoms with Crippen molar-refractivity contribution in [1.82, 2.24) is 0 Å². The number of hydrogen-bond donors (Lipinski definition) is 1. The number of aryl methyl sites for hydroxylation is 1. The van der Waals surface area contributed by atoms with Crippen molar-refractivity contribution in [2.24, 2.45) is 5.16 Å². The van der Waals surface area contributed by atoms with E-state index < -0.39 is 16.8 Å². The quantitative estimate of drug-likeness (QED) is 0.427. The molecule has 0 unspecified atom stereocenters. The Bertz CT molecular complexity index is 365. The van der Waals surface area contributed by atoms with E-state index in [-0.39, 0.29) is 11.1 Å². The number of rotatable bonds is 1. The molecule has 0 aliphatic rings. The molecule has 0 aliphatic carbocycles. The van der Waals surface area contributed by atoms with Crippen LogP contribution in [-0.4, -0.2) is 10.4 Å². The monoisotopic (exact) mass is 205 g/mol. The van der Waals surface area contributed by atoms with E-state index in [1.54, 1.807) is 0 Å². The Morgan fingerprint density at radius 1 is 1.38 bits per heavy atom. The molecule has 2 nitrogen and oxygen atoms in total. The predicted octanol–water partition coefficient (Wildman–Crippen LogP) is 2.65. The fourth-order valence-electron chi connectivity index (χ4n) is 0.859. The van der Waals surface area contributed by atoms with Gasteiger partial charge in [-0.05, 0) is 18.6 Å². The van der Waals surface area contributed by atoms with Gasteiger partial charge in [-0.1, -0.05) is 22.8 Å². The van der Waals surface area contributed by atoms with Crippen molar-refractivity contribution in [3.63, 3.8) is 0 Å². The largest absolute Gasteiger partial charge is 0.410 e. The normalized spacial score (nSPS) is 11.8. The van der Waals surface area contributed by atoms with Gasteiger partial charge in [0.1, 0.15) is 0 Å². The minimum Gasteiger partial charge on any atom is -0.410 e. The van der Waals surface area contributed by atoms with Gasteiger partial charge in [0.15, 0.2) is 16.8 Å². The molecule has 5 heteroatoms. The fraction of sp³-hybridized carbons (Fsp3) is 0.125. The van der Waals surface area contributed by atoms with Gasteiger partial charge in [-0.2, -0.15) is 0 Å². The molecule has 1 N–H and O–H groups in total. The molecule has 0 aliphatic heterocycles. The SMILES string of the molecule is Cc1ccc(/C(Cl)=N\O)c(F)c1F. The third-order valence-electron chi connectivity index (χ3n) is 1.59. The summed E-state index contributed by atoms with van der Waals surface area (Å²) in [7, 11) is 0. The number of halogens is 3. The molecule has 0 aromatic heterocycles. The molecule has 1 rings (SSSR count). The molecule has 13 heavy (non-hydrogen) atoms. The first-order chi connectivity index (χ1) is 6.07. The summed E-state index contributed by atoms with van der Waals surface area (Å²) < 4.78 is 26.0.